The number of hydrogen-bond donors (Lipinski definition) is 0. The van der Waals surface area contributed by atoms with E-state index in [1.54, 1.807) is 6.92 Å². The van der Waals surface area contributed by atoms with Gasteiger partial charge in [0, 0.05) is 17.0 Å². The van der Waals surface area contributed by atoms with Gasteiger partial charge in [0.1, 0.15) is 5.82 Å². The SMILES string of the molecule is CCCC1OCC(c2ccc3c(c2F)C(F)C(F)c2c-3ccc(OCC)c2F)CO1. The zero-order valence-corrected chi connectivity index (χ0v) is 16.9. The van der Waals surface area contributed by atoms with Crippen molar-refractivity contribution in [1.29, 1.82) is 0 Å². The average molecular weight is 424 g/mol. The molecule has 162 valence electrons. The minimum absolute atomic E-state index is 0.136. The number of halogens is 4. The monoisotopic (exact) mass is 424 g/mol. The number of hydrogen-bond acceptors (Lipinski definition) is 3. The summed E-state index contributed by atoms with van der Waals surface area (Å²) in [4.78, 5) is 0. The number of fused-ring (bicyclic) bond motifs is 3. The van der Waals surface area contributed by atoms with Gasteiger partial charge in [-0.1, -0.05) is 31.5 Å². The summed E-state index contributed by atoms with van der Waals surface area (Å²) < 4.78 is 76.5. The van der Waals surface area contributed by atoms with E-state index in [0.717, 1.165) is 12.8 Å². The highest BCUT2D eigenvalue weighted by Gasteiger charge is 2.40. The minimum atomic E-state index is -2.33. The normalized spacial score (nSPS) is 25.5. The summed E-state index contributed by atoms with van der Waals surface area (Å²) in [7, 11) is 0. The summed E-state index contributed by atoms with van der Waals surface area (Å²) >= 11 is 0. The first-order chi connectivity index (χ1) is 14.5. The van der Waals surface area contributed by atoms with E-state index in [9.17, 15) is 8.78 Å². The van der Waals surface area contributed by atoms with Crippen molar-refractivity contribution in [3.63, 3.8) is 0 Å². The summed E-state index contributed by atoms with van der Waals surface area (Å²) in [5.74, 6) is -2.35. The Morgan fingerprint density at radius 2 is 1.50 bits per heavy atom. The molecule has 1 heterocycles. The van der Waals surface area contributed by atoms with Gasteiger partial charge in [-0.2, -0.15) is 0 Å². The van der Waals surface area contributed by atoms with E-state index in [1.165, 1.54) is 24.3 Å². The standard InChI is InChI=1S/C23H24F4O3/c1-3-5-17-29-10-12(11-30-17)13-6-7-14-15-8-9-16(28-4-2)21(25)19(15)23(27)22(26)18(14)20(13)24/h6-9,12,17,22-23H,3-5,10-11H2,1-2H3. The summed E-state index contributed by atoms with van der Waals surface area (Å²) in [5.41, 5.74) is -0.312. The Morgan fingerprint density at radius 3 is 2.10 bits per heavy atom. The lowest BCUT2D eigenvalue weighted by atomic mass is 9.80. The molecule has 1 saturated heterocycles. The Morgan fingerprint density at radius 1 is 0.900 bits per heavy atom. The van der Waals surface area contributed by atoms with Crippen LogP contribution in [0.4, 0.5) is 17.6 Å². The molecule has 2 unspecified atom stereocenters. The molecule has 1 fully saturated rings. The zero-order valence-electron chi connectivity index (χ0n) is 16.9. The molecule has 2 aliphatic rings. The second-order valence-electron chi connectivity index (χ2n) is 7.59. The molecule has 2 aromatic rings. The van der Waals surface area contributed by atoms with Crippen molar-refractivity contribution in [2.75, 3.05) is 19.8 Å². The highest BCUT2D eigenvalue weighted by atomic mass is 19.2. The van der Waals surface area contributed by atoms with E-state index in [2.05, 4.69) is 0 Å². The van der Waals surface area contributed by atoms with Crippen LogP contribution in [0, 0.1) is 11.6 Å². The highest BCUT2D eigenvalue weighted by Crippen LogP contribution is 2.52. The van der Waals surface area contributed by atoms with Crippen LogP contribution in [0.1, 0.15) is 61.6 Å². The fourth-order valence-electron chi connectivity index (χ4n) is 4.19. The molecule has 1 aliphatic carbocycles. The maximum absolute atomic E-state index is 15.4. The van der Waals surface area contributed by atoms with Crippen LogP contribution >= 0.6 is 0 Å². The maximum Gasteiger partial charge on any atom is 0.171 e. The smallest absolute Gasteiger partial charge is 0.171 e. The summed E-state index contributed by atoms with van der Waals surface area (Å²) in [5, 5.41) is 0. The first-order valence-electron chi connectivity index (χ1n) is 10.3. The lowest BCUT2D eigenvalue weighted by Gasteiger charge is -2.32. The Bertz CT molecular complexity index is 925. The molecule has 0 radical (unpaired) electrons. The molecule has 0 saturated carbocycles. The van der Waals surface area contributed by atoms with Gasteiger partial charge in [-0.25, -0.2) is 17.6 Å². The van der Waals surface area contributed by atoms with Crippen LogP contribution in [0.2, 0.25) is 0 Å². The Hall–Kier alpha value is -2.12. The number of ether oxygens (including phenoxy) is 3. The third-order valence-corrected chi connectivity index (χ3v) is 5.68. The fourth-order valence-corrected chi connectivity index (χ4v) is 4.19. The van der Waals surface area contributed by atoms with Gasteiger partial charge in [0.25, 0.3) is 0 Å². The Labute approximate surface area is 172 Å². The van der Waals surface area contributed by atoms with Gasteiger partial charge in [-0.05, 0) is 36.1 Å². The van der Waals surface area contributed by atoms with E-state index in [1.807, 2.05) is 6.92 Å². The maximum atomic E-state index is 15.4. The van der Waals surface area contributed by atoms with Crippen molar-refractivity contribution in [2.45, 2.75) is 51.2 Å². The van der Waals surface area contributed by atoms with Crippen molar-refractivity contribution in [2.24, 2.45) is 0 Å². The first kappa shape index (κ1) is 21.1. The van der Waals surface area contributed by atoms with Crippen molar-refractivity contribution >= 4 is 0 Å². The molecular formula is C23H24F4O3. The van der Waals surface area contributed by atoms with Crippen LogP contribution < -0.4 is 4.74 Å². The molecule has 0 N–H and O–H groups in total. The van der Waals surface area contributed by atoms with E-state index in [4.69, 9.17) is 14.2 Å². The molecule has 0 bridgehead atoms. The molecule has 0 amide bonds. The van der Waals surface area contributed by atoms with Gasteiger partial charge in [-0.3, -0.25) is 0 Å². The van der Waals surface area contributed by atoms with Gasteiger partial charge in [-0.15, -0.1) is 0 Å². The molecule has 1 aliphatic heterocycles. The topological polar surface area (TPSA) is 27.7 Å². The number of rotatable bonds is 5. The second-order valence-corrected chi connectivity index (χ2v) is 7.59. The molecule has 7 heteroatoms. The largest absolute Gasteiger partial charge is 0.491 e. The predicted octanol–water partition coefficient (Wildman–Crippen LogP) is 6.32. The fraction of sp³-hybridized carbons (Fsp3) is 0.478. The molecule has 4 rings (SSSR count). The van der Waals surface area contributed by atoms with E-state index < -0.39 is 35.5 Å². The molecule has 3 nitrogen and oxygen atoms in total. The third-order valence-electron chi connectivity index (χ3n) is 5.68. The first-order valence-corrected chi connectivity index (χ1v) is 10.3. The summed E-state index contributed by atoms with van der Waals surface area (Å²) in [6, 6.07) is 5.84. The molecule has 2 aromatic carbocycles. The van der Waals surface area contributed by atoms with Gasteiger partial charge < -0.3 is 14.2 Å². The highest BCUT2D eigenvalue weighted by molar-refractivity contribution is 5.76. The van der Waals surface area contributed by atoms with Crippen molar-refractivity contribution in [1.82, 2.24) is 0 Å². The van der Waals surface area contributed by atoms with Crippen LogP contribution in [0.5, 0.6) is 5.75 Å². The quantitative estimate of drug-likeness (QED) is 0.526. The van der Waals surface area contributed by atoms with Crippen molar-refractivity contribution < 1.29 is 31.8 Å². The van der Waals surface area contributed by atoms with E-state index in [0.29, 0.717) is 0 Å². The van der Waals surface area contributed by atoms with E-state index >= 15 is 8.78 Å². The van der Waals surface area contributed by atoms with Crippen LogP contribution in [0.3, 0.4) is 0 Å². The van der Waals surface area contributed by atoms with Crippen LogP contribution in [-0.4, -0.2) is 26.1 Å². The summed E-state index contributed by atoms with van der Waals surface area (Å²) in [6.45, 7) is 4.33. The van der Waals surface area contributed by atoms with Gasteiger partial charge in [0.15, 0.2) is 30.2 Å². The molecule has 30 heavy (non-hydrogen) atoms. The lowest BCUT2D eigenvalue weighted by molar-refractivity contribution is -0.190. The number of alkyl halides is 2. The van der Waals surface area contributed by atoms with Gasteiger partial charge in [0.05, 0.1) is 19.8 Å². The zero-order chi connectivity index (χ0) is 21.4. The second kappa shape index (κ2) is 8.55. The number of benzene rings is 2. The summed E-state index contributed by atoms with van der Waals surface area (Å²) in [6.07, 6.45) is -3.35. The Balaban J connectivity index is 1.73. The Kier molecular flexibility index (Phi) is 6.02. The third kappa shape index (κ3) is 3.48. The van der Waals surface area contributed by atoms with Crippen molar-refractivity contribution in [3.05, 3.63) is 52.6 Å². The van der Waals surface area contributed by atoms with Crippen LogP contribution in [0.15, 0.2) is 24.3 Å². The molecule has 2 atom stereocenters. The molecule has 0 aromatic heterocycles. The van der Waals surface area contributed by atoms with Crippen LogP contribution in [0.25, 0.3) is 11.1 Å². The van der Waals surface area contributed by atoms with E-state index in [-0.39, 0.29) is 54.1 Å². The van der Waals surface area contributed by atoms with Crippen molar-refractivity contribution in [3.8, 4) is 16.9 Å². The lowest BCUT2D eigenvalue weighted by Crippen LogP contribution is -2.31. The van der Waals surface area contributed by atoms with Crippen LogP contribution in [-0.2, 0) is 9.47 Å². The molecule has 0 spiro atoms. The van der Waals surface area contributed by atoms with Gasteiger partial charge in [0.2, 0.25) is 0 Å². The predicted molar refractivity (Wildman–Crippen MR) is 104 cm³/mol. The molecular weight excluding hydrogens is 400 g/mol. The minimum Gasteiger partial charge on any atom is -0.491 e. The van der Waals surface area contributed by atoms with Gasteiger partial charge >= 0.3 is 0 Å². The average Bonchev–Trinajstić information content (AvgIpc) is 2.74.